The standard InChI is InChI=1S/C19H21F3N4O2/c20-19(21,22)18(5-6-18)7-10-25-17(27)26-12-14-4-9-24-16(11-14)28-13-15-3-1-2-8-23-15/h1-4,8-9,11H,5-7,10,12-13H2,(H2,25,26,27). The van der Waals surface area contributed by atoms with Crippen LogP contribution in [-0.2, 0) is 13.2 Å². The van der Waals surface area contributed by atoms with Crippen LogP contribution in [0.1, 0.15) is 30.5 Å². The molecule has 0 spiro atoms. The van der Waals surface area contributed by atoms with Crippen molar-refractivity contribution in [1.29, 1.82) is 0 Å². The summed E-state index contributed by atoms with van der Waals surface area (Å²) in [6.45, 7) is 0.463. The monoisotopic (exact) mass is 394 g/mol. The van der Waals surface area contributed by atoms with Crippen molar-refractivity contribution in [3.8, 4) is 5.88 Å². The average molecular weight is 394 g/mol. The molecule has 2 heterocycles. The topological polar surface area (TPSA) is 76.1 Å². The van der Waals surface area contributed by atoms with Crippen LogP contribution in [0.2, 0.25) is 0 Å². The SMILES string of the molecule is O=C(NCCC1(C(F)(F)F)CC1)NCc1ccnc(OCc2ccccn2)c1. The molecule has 1 aliphatic carbocycles. The summed E-state index contributed by atoms with van der Waals surface area (Å²) in [5.41, 5.74) is -0.0831. The molecular weight excluding hydrogens is 373 g/mol. The highest BCUT2D eigenvalue weighted by Crippen LogP contribution is 2.59. The van der Waals surface area contributed by atoms with Crippen LogP contribution >= 0.6 is 0 Å². The fraction of sp³-hybridized carbons (Fsp3) is 0.421. The number of urea groups is 1. The molecule has 2 aromatic rings. The van der Waals surface area contributed by atoms with Crippen molar-refractivity contribution in [3.63, 3.8) is 0 Å². The van der Waals surface area contributed by atoms with E-state index in [2.05, 4.69) is 20.6 Å². The molecule has 0 saturated heterocycles. The highest BCUT2D eigenvalue weighted by molar-refractivity contribution is 5.73. The van der Waals surface area contributed by atoms with Crippen LogP contribution in [0.15, 0.2) is 42.7 Å². The van der Waals surface area contributed by atoms with E-state index >= 15 is 0 Å². The van der Waals surface area contributed by atoms with Gasteiger partial charge in [0.05, 0.1) is 11.1 Å². The number of ether oxygens (including phenoxy) is 1. The molecule has 1 saturated carbocycles. The summed E-state index contributed by atoms with van der Waals surface area (Å²) in [4.78, 5) is 20.1. The van der Waals surface area contributed by atoms with Crippen LogP contribution in [0.4, 0.5) is 18.0 Å². The number of alkyl halides is 3. The number of rotatable bonds is 8. The Bertz CT molecular complexity index is 795. The molecule has 1 fully saturated rings. The highest BCUT2D eigenvalue weighted by atomic mass is 19.4. The summed E-state index contributed by atoms with van der Waals surface area (Å²) in [6.07, 6.45) is -0.789. The van der Waals surface area contributed by atoms with Gasteiger partial charge in [0.2, 0.25) is 5.88 Å². The summed E-state index contributed by atoms with van der Waals surface area (Å²) in [7, 11) is 0. The smallest absolute Gasteiger partial charge is 0.394 e. The van der Waals surface area contributed by atoms with Crippen LogP contribution in [0.3, 0.4) is 0 Å². The zero-order valence-corrected chi connectivity index (χ0v) is 15.1. The van der Waals surface area contributed by atoms with Gasteiger partial charge in [-0.1, -0.05) is 6.07 Å². The lowest BCUT2D eigenvalue weighted by Gasteiger charge is -2.19. The molecule has 0 bridgehead atoms. The molecule has 150 valence electrons. The first kappa shape index (κ1) is 19.9. The molecule has 2 N–H and O–H groups in total. The normalized spacial score (nSPS) is 15.0. The van der Waals surface area contributed by atoms with Gasteiger partial charge in [-0.25, -0.2) is 9.78 Å². The van der Waals surface area contributed by atoms with Crippen molar-refractivity contribution in [2.75, 3.05) is 6.54 Å². The molecule has 9 heteroatoms. The van der Waals surface area contributed by atoms with Gasteiger partial charge in [-0.15, -0.1) is 0 Å². The molecule has 2 aromatic heterocycles. The van der Waals surface area contributed by atoms with Crippen LogP contribution in [-0.4, -0.2) is 28.7 Å². The zero-order valence-electron chi connectivity index (χ0n) is 15.1. The largest absolute Gasteiger partial charge is 0.471 e. The summed E-state index contributed by atoms with van der Waals surface area (Å²) in [5.74, 6) is 0.395. The fourth-order valence-electron chi connectivity index (χ4n) is 2.76. The van der Waals surface area contributed by atoms with Crippen LogP contribution in [0.25, 0.3) is 0 Å². The number of carbonyl (C=O) groups is 1. The molecule has 3 rings (SSSR count). The van der Waals surface area contributed by atoms with Crippen LogP contribution in [0, 0.1) is 5.41 Å². The van der Waals surface area contributed by atoms with E-state index in [1.807, 2.05) is 18.2 Å². The maximum absolute atomic E-state index is 12.8. The Kier molecular flexibility index (Phi) is 6.01. The van der Waals surface area contributed by atoms with Gasteiger partial charge in [0.1, 0.15) is 6.61 Å². The van der Waals surface area contributed by atoms with E-state index in [1.54, 1.807) is 24.5 Å². The van der Waals surface area contributed by atoms with E-state index in [0.717, 1.165) is 11.3 Å². The Morgan fingerprint density at radius 1 is 1.14 bits per heavy atom. The minimum atomic E-state index is -4.20. The zero-order chi connectivity index (χ0) is 20.0. The Balaban J connectivity index is 1.40. The van der Waals surface area contributed by atoms with Gasteiger partial charge in [-0.2, -0.15) is 13.2 Å². The number of halogens is 3. The first-order valence-corrected chi connectivity index (χ1v) is 8.94. The molecule has 0 atom stereocenters. The van der Waals surface area contributed by atoms with Gasteiger partial charge in [-0.3, -0.25) is 4.98 Å². The van der Waals surface area contributed by atoms with E-state index in [4.69, 9.17) is 4.74 Å². The second-order valence-electron chi connectivity index (χ2n) is 6.75. The van der Waals surface area contributed by atoms with Crippen molar-refractivity contribution in [1.82, 2.24) is 20.6 Å². The third-order valence-electron chi connectivity index (χ3n) is 4.69. The first-order chi connectivity index (χ1) is 13.4. The van der Waals surface area contributed by atoms with Gasteiger partial charge in [0, 0.05) is 31.5 Å². The van der Waals surface area contributed by atoms with E-state index < -0.39 is 17.6 Å². The second kappa shape index (κ2) is 8.45. The third kappa shape index (κ3) is 5.34. The van der Waals surface area contributed by atoms with Crippen molar-refractivity contribution < 1.29 is 22.7 Å². The Morgan fingerprint density at radius 2 is 1.96 bits per heavy atom. The van der Waals surface area contributed by atoms with Crippen molar-refractivity contribution in [3.05, 3.63) is 54.0 Å². The minimum absolute atomic E-state index is 0.0138. The predicted octanol–water partition coefficient (Wildman–Crippen LogP) is 3.59. The fourth-order valence-corrected chi connectivity index (χ4v) is 2.76. The maximum atomic E-state index is 12.8. The van der Waals surface area contributed by atoms with Crippen molar-refractivity contribution >= 4 is 6.03 Å². The van der Waals surface area contributed by atoms with E-state index in [-0.39, 0.29) is 39.0 Å². The molecule has 0 aromatic carbocycles. The number of carbonyl (C=O) groups excluding carboxylic acids is 1. The Labute approximate surface area is 160 Å². The van der Waals surface area contributed by atoms with E-state index in [1.165, 1.54) is 0 Å². The number of nitrogens with zero attached hydrogens (tertiary/aromatic N) is 2. The third-order valence-corrected chi connectivity index (χ3v) is 4.69. The molecule has 2 amide bonds. The second-order valence-corrected chi connectivity index (χ2v) is 6.75. The molecule has 0 aliphatic heterocycles. The van der Waals surface area contributed by atoms with E-state index in [9.17, 15) is 18.0 Å². The van der Waals surface area contributed by atoms with Crippen LogP contribution < -0.4 is 15.4 Å². The summed E-state index contributed by atoms with van der Waals surface area (Å²) < 4.78 is 44.1. The lowest BCUT2D eigenvalue weighted by molar-refractivity contribution is -0.188. The quantitative estimate of drug-likeness (QED) is 0.718. The molecule has 6 nitrogen and oxygen atoms in total. The maximum Gasteiger partial charge on any atom is 0.394 e. The number of hydrogen-bond donors (Lipinski definition) is 2. The number of nitrogens with one attached hydrogen (secondary N) is 2. The van der Waals surface area contributed by atoms with E-state index in [0.29, 0.717) is 5.88 Å². The number of aromatic nitrogens is 2. The summed E-state index contributed by atoms with van der Waals surface area (Å²) in [5, 5.41) is 5.10. The number of amides is 2. The lowest BCUT2D eigenvalue weighted by Crippen LogP contribution is -2.37. The predicted molar refractivity (Wildman–Crippen MR) is 95.4 cm³/mol. The van der Waals surface area contributed by atoms with Gasteiger partial charge < -0.3 is 15.4 Å². The number of pyridine rings is 2. The first-order valence-electron chi connectivity index (χ1n) is 8.94. The molecule has 28 heavy (non-hydrogen) atoms. The van der Waals surface area contributed by atoms with Gasteiger partial charge in [-0.05, 0) is 43.0 Å². The Hall–Kier alpha value is -2.84. The summed E-state index contributed by atoms with van der Waals surface area (Å²) in [6, 6.07) is 8.40. The molecule has 0 unspecified atom stereocenters. The van der Waals surface area contributed by atoms with Crippen molar-refractivity contribution in [2.24, 2.45) is 5.41 Å². The molecular formula is C19H21F3N4O2. The minimum Gasteiger partial charge on any atom is -0.471 e. The van der Waals surface area contributed by atoms with Gasteiger partial charge in [0.25, 0.3) is 0 Å². The lowest BCUT2D eigenvalue weighted by atomic mass is 10.0. The Morgan fingerprint density at radius 3 is 2.64 bits per heavy atom. The summed E-state index contributed by atoms with van der Waals surface area (Å²) >= 11 is 0. The van der Waals surface area contributed by atoms with Gasteiger partial charge >= 0.3 is 12.2 Å². The van der Waals surface area contributed by atoms with Crippen LogP contribution in [0.5, 0.6) is 5.88 Å². The molecule has 1 aliphatic rings. The number of hydrogen-bond acceptors (Lipinski definition) is 4. The van der Waals surface area contributed by atoms with Gasteiger partial charge in [0.15, 0.2) is 0 Å². The van der Waals surface area contributed by atoms with Crippen molar-refractivity contribution in [2.45, 2.75) is 38.6 Å². The highest BCUT2D eigenvalue weighted by Gasteiger charge is 2.62. The average Bonchev–Trinajstić information content (AvgIpc) is 3.47. The molecule has 0 radical (unpaired) electrons.